The number of phenols is 1. The second-order valence-electron chi connectivity index (χ2n) is 22.2. The van der Waals surface area contributed by atoms with Crippen LogP contribution in [-0.4, -0.2) is 200 Å². The maximum absolute atomic E-state index is 14.0. The summed E-state index contributed by atoms with van der Waals surface area (Å²) >= 11 is 0. The molecule has 0 radical (unpaired) electrons. The first kappa shape index (κ1) is 79.3. The van der Waals surface area contributed by atoms with Crippen LogP contribution in [0.1, 0.15) is 93.8 Å². The van der Waals surface area contributed by atoms with E-state index >= 15 is 0 Å². The normalized spacial score (nSPS) is 13.5. The molecule has 0 aliphatic rings. The van der Waals surface area contributed by atoms with Crippen LogP contribution in [0.15, 0.2) is 59.5 Å². The fraction of sp³-hybridized carbons (Fsp3) is 0.439. The van der Waals surface area contributed by atoms with Crippen molar-refractivity contribution in [3.05, 3.63) is 81.9 Å². The first-order chi connectivity index (χ1) is 46.1. The number of carboxylic acids is 5. The fourth-order valence-corrected chi connectivity index (χ4v) is 11.3. The van der Waals surface area contributed by atoms with E-state index in [1.165, 1.54) is 56.4 Å². The molecule has 98 heavy (non-hydrogen) atoms. The zero-order valence-corrected chi connectivity index (χ0v) is 54.3. The molecule has 0 aliphatic heterocycles. The Morgan fingerprint density at radius 3 is 1.85 bits per heavy atom. The summed E-state index contributed by atoms with van der Waals surface area (Å²) in [5.74, 6) is -17.8. The molecule has 0 saturated heterocycles. The molecule has 0 fully saturated rings. The lowest BCUT2D eigenvalue weighted by molar-refractivity contribution is -0.145. The van der Waals surface area contributed by atoms with Crippen molar-refractivity contribution in [2.75, 3.05) is 30.0 Å². The van der Waals surface area contributed by atoms with Gasteiger partial charge in [0.1, 0.15) is 48.6 Å². The van der Waals surface area contributed by atoms with E-state index in [0.29, 0.717) is 17.8 Å². The summed E-state index contributed by atoms with van der Waals surface area (Å²) in [6.07, 6.45) is -4.63. The smallest absolute Gasteiger partial charge is 0.426 e. The van der Waals surface area contributed by atoms with Gasteiger partial charge in [0.05, 0.1) is 42.4 Å². The number of phenolic OH excluding ortho intramolecular Hbond substituents is 1. The second-order valence-corrected chi connectivity index (χ2v) is 25.3. The number of aromatic nitrogens is 4. The van der Waals surface area contributed by atoms with Crippen molar-refractivity contribution in [3.8, 4) is 5.75 Å². The number of carbonyl (C=O) groups is 13. The van der Waals surface area contributed by atoms with Crippen molar-refractivity contribution in [2.24, 2.45) is 17.4 Å². The largest absolute Gasteiger partial charge is 0.508 e. The van der Waals surface area contributed by atoms with E-state index in [2.05, 4.69) is 68.0 Å². The van der Waals surface area contributed by atoms with Gasteiger partial charge in [-0.1, -0.05) is 40.6 Å². The standard InChI is InChI=1S/C57H76N18O21S2/c1-26(19-29(58)20-27-6-12-32(76)13-7-27)45(84)74-75-56(95)96-17-18-97-98-57(2,3)43(53(93)94)71-50(89)37(23-41(82)83)70-49(88)36(22-40(80)81)69-47(86)33(5-4-16-62-54(59)60)67-48(87)35(21-39(78)79)66-38(77)15-14-34(52(91)92)68-46(85)28-8-10-30(11-9-28)63-24-31-25-64-44-42(65-31)51(90)73-55(61)72-44/h6-13,25-26,29,33-37,43,63,76H,4-5,14-24,58H2,1-3H3,(H,66,77)(H,67,87)(H,68,85)(H,69,86)(H,70,88)(H,71,89)(H,74,84)(H,75,95)(H,78,79)(H,80,81)(H,82,83)(H,91,92)(H,93,94)(H4,59,60,62)(H3,61,64,72,73,90)/t26-,29+,33+,34+,35+,36+,37+,43-/m0/s1. The number of nitrogens with two attached hydrogens (primary N) is 3. The van der Waals surface area contributed by atoms with Gasteiger partial charge in [-0.2, -0.15) is 4.98 Å². The van der Waals surface area contributed by atoms with Gasteiger partial charge in [0.15, 0.2) is 17.1 Å². The number of hydrogen-bond acceptors (Lipinski definition) is 25. The molecule has 2 aromatic carbocycles. The van der Waals surface area contributed by atoms with E-state index in [1.807, 2.05) is 5.32 Å². The van der Waals surface area contributed by atoms with Crippen LogP contribution in [0.2, 0.25) is 0 Å². The van der Waals surface area contributed by atoms with Gasteiger partial charge >= 0.3 is 35.9 Å². The number of benzene rings is 2. The number of carboxylic acid groups (broad SMARTS) is 5. The lowest BCUT2D eigenvalue weighted by atomic mass is 9.96. The van der Waals surface area contributed by atoms with E-state index in [9.17, 15) is 97.8 Å². The quantitative estimate of drug-likeness (QED) is 0.00708. The number of fused-ring (bicyclic) bond motifs is 1. The monoisotopic (exact) mass is 1410 g/mol. The van der Waals surface area contributed by atoms with E-state index in [1.54, 1.807) is 19.1 Å². The van der Waals surface area contributed by atoms with Crippen LogP contribution in [0.25, 0.3) is 11.2 Å². The number of hydrazine groups is 1. The molecule has 8 atom stereocenters. The number of carbonyl (C=O) groups excluding carboxylic acids is 8. The molecule has 2 aromatic heterocycles. The number of aromatic amines is 1. The van der Waals surface area contributed by atoms with Crippen LogP contribution in [0.3, 0.4) is 0 Å². The number of ether oxygens (including phenoxy) is 1. The molecule has 39 nitrogen and oxygen atoms in total. The highest BCUT2D eigenvalue weighted by Gasteiger charge is 2.41. The maximum Gasteiger partial charge on any atom is 0.426 e. The molecule has 0 saturated carbocycles. The molecule has 41 heteroatoms. The van der Waals surface area contributed by atoms with E-state index in [4.69, 9.17) is 27.3 Å². The van der Waals surface area contributed by atoms with Gasteiger partial charge in [-0.05, 0) is 87.9 Å². The minimum absolute atomic E-state index is 0.0162. The van der Waals surface area contributed by atoms with Crippen LogP contribution in [0.4, 0.5) is 16.4 Å². The highest BCUT2D eigenvalue weighted by Crippen LogP contribution is 2.38. The summed E-state index contributed by atoms with van der Waals surface area (Å²) in [4.78, 5) is 195. The van der Waals surface area contributed by atoms with E-state index in [0.717, 1.165) is 27.2 Å². The third-order valence-corrected chi connectivity index (χ3v) is 17.0. The molecule has 0 aliphatic carbocycles. The van der Waals surface area contributed by atoms with E-state index < -0.39 is 180 Å². The van der Waals surface area contributed by atoms with Gasteiger partial charge in [0, 0.05) is 41.9 Å². The molecular formula is C57H76N18O21S2. The summed E-state index contributed by atoms with van der Waals surface area (Å²) in [5.41, 5.74) is 22.4. The summed E-state index contributed by atoms with van der Waals surface area (Å²) in [6, 6.07) is -0.202. The van der Waals surface area contributed by atoms with Crippen LogP contribution < -0.4 is 76.1 Å². The van der Waals surface area contributed by atoms with Crippen molar-refractivity contribution in [2.45, 2.75) is 132 Å². The third-order valence-electron chi connectivity index (χ3n) is 13.8. The topological polar surface area (TPSA) is 646 Å². The Morgan fingerprint density at radius 2 is 1.28 bits per heavy atom. The molecule has 0 unspecified atom stereocenters. The Balaban J connectivity index is 1.35. The molecule has 4 aromatic rings. The van der Waals surface area contributed by atoms with Crippen molar-refractivity contribution in [3.63, 3.8) is 0 Å². The van der Waals surface area contributed by atoms with Crippen LogP contribution in [-0.2, 0) is 70.4 Å². The fourth-order valence-electron chi connectivity index (χ4n) is 8.83. The zero-order chi connectivity index (χ0) is 73.0. The SMILES string of the molecule is C[C@@H](C[C@@H](N)Cc1ccc(O)cc1)C(=O)NNC(=O)OCCSSC(C)(C)[C@@H](NC(=O)[C@@H](CC(=O)O)NC(=O)[C@@H](CC(=O)O)NC(=O)[C@@H](CCCNC(=N)N)NC(=O)[C@@H](CC(=O)O)NC(=O)CC[C@@H](NC(=O)c1ccc(NCc2cnc3nc(N)[nH]c(=O)c3n2)cc1)C(=O)O)C(=O)O. The first-order valence-electron chi connectivity index (χ1n) is 29.5. The molecule has 0 bridgehead atoms. The average Bonchev–Trinajstić information content (AvgIpc) is 0.817. The Bertz CT molecular complexity index is 3620. The average molecular weight is 1410 g/mol. The molecule has 532 valence electrons. The van der Waals surface area contributed by atoms with E-state index in [-0.39, 0.29) is 66.7 Å². The summed E-state index contributed by atoms with van der Waals surface area (Å²) < 4.78 is 3.60. The number of aliphatic carboxylic acids is 5. The highest BCUT2D eigenvalue weighted by atomic mass is 33.1. The number of amides is 8. The molecule has 24 N–H and O–H groups in total. The lowest BCUT2D eigenvalue weighted by Crippen LogP contribution is -2.60. The summed E-state index contributed by atoms with van der Waals surface area (Å²) in [5, 5.41) is 84.7. The number of nitrogens with one attached hydrogen (secondary N) is 12. The van der Waals surface area contributed by atoms with Gasteiger partial charge in [-0.3, -0.25) is 68.6 Å². The van der Waals surface area contributed by atoms with Gasteiger partial charge in [0.2, 0.25) is 41.4 Å². The van der Waals surface area contributed by atoms with Crippen molar-refractivity contribution in [1.82, 2.24) is 68.0 Å². The Kier molecular flexibility index (Phi) is 31.1. The Hall–Kier alpha value is -11.1. The number of H-pyrrole nitrogens is 1. The number of anilines is 2. The predicted octanol–water partition coefficient (Wildman–Crippen LogP) is -2.71. The molecule has 2 heterocycles. The van der Waals surface area contributed by atoms with Gasteiger partial charge in [-0.15, -0.1) is 0 Å². The predicted molar refractivity (Wildman–Crippen MR) is 348 cm³/mol. The minimum atomic E-state index is -2.19. The summed E-state index contributed by atoms with van der Waals surface area (Å²) in [6.45, 7) is 3.98. The number of aromatic hydroxyl groups is 1. The molecule has 0 spiro atoms. The Labute approximate surface area is 563 Å². The Morgan fingerprint density at radius 1 is 0.704 bits per heavy atom. The van der Waals surface area contributed by atoms with Crippen molar-refractivity contribution >= 4 is 128 Å². The number of hydrogen-bond donors (Lipinski definition) is 21. The van der Waals surface area contributed by atoms with Crippen LogP contribution in [0, 0.1) is 11.3 Å². The zero-order valence-electron chi connectivity index (χ0n) is 52.7. The van der Waals surface area contributed by atoms with Gasteiger partial charge in [0.25, 0.3) is 11.5 Å². The molecule has 8 amide bonds. The van der Waals surface area contributed by atoms with Gasteiger partial charge in [-0.25, -0.2) is 29.8 Å². The van der Waals surface area contributed by atoms with Crippen molar-refractivity contribution < 1.29 is 97.7 Å². The minimum Gasteiger partial charge on any atom is -0.508 e. The molecule has 4 rings (SSSR count). The highest BCUT2D eigenvalue weighted by molar-refractivity contribution is 8.77. The first-order valence-corrected chi connectivity index (χ1v) is 31.9. The second kappa shape index (κ2) is 38.4. The van der Waals surface area contributed by atoms with Crippen molar-refractivity contribution in [1.29, 1.82) is 5.41 Å². The van der Waals surface area contributed by atoms with Crippen LogP contribution >= 0.6 is 21.6 Å². The third kappa shape index (κ3) is 27.7. The molecular weight excluding hydrogens is 1340 g/mol. The number of nitrogens with zero attached hydrogens (tertiary/aromatic N) is 3. The van der Waals surface area contributed by atoms with Crippen LogP contribution in [0.5, 0.6) is 5.75 Å². The number of nitrogen functional groups attached to an aromatic ring is 1. The summed E-state index contributed by atoms with van der Waals surface area (Å²) in [7, 11) is 1.86. The maximum atomic E-state index is 14.0. The number of rotatable bonds is 40. The van der Waals surface area contributed by atoms with Gasteiger partial charge < -0.3 is 95.1 Å². The number of guanidine groups is 1. The lowest BCUT2D eigenvalue weighted by Gasteiger charge is -2.32.